The van der Waals surface area contributed by atoms with Crippen molar-refractivity contribution < 1.29 is 9.59 Å². The quantitative estimate of drug-likeness (QED) is 0.537. The van der Waals surface area contributed by atoms with Gasteiger partial charge in [-0.25, -0.2) is 5.01 Å². The molecule has 5 nitrogen and oxygen atoms in total. The Morgan fingerprint density at radius 3 is 2.43 bits per heavy atom. The molecule has 1 saturated heterocycles. The zero-order valence-corrected chi connectivity index (χ0v) is 16.1. The molecule has 4 rings (SSSR count). The van der Waals surface area contributed by atoms with Gasteiger partial charge in [0, 0.05) is 30.1 Å². The lowest BCUT2D eigenvalue weighted by Crippen LogP contribution is -2.38. The molecule has 1 fully saturated rings. The second-order valence-electron chi connectivity index (χ2n) is 6.99. The molecule has 0 spiro atoms. The van der Waals surface area contributed by atoms with Crippen LogP contribution < -0.4 is 0 Å². The molecule has 1 N–H and O–H groups in total. The standard InChI is InChI=1S/C23H23N3O2/c1-3-4-14-26-23(28)19(22(27)25(26)2)15-18-17-12-8-9-13-20(17)24-21(18)16-10-6-5-7-11-16/h5-13,15,24H,3-4,14H2,1-2H3/b19-15-. The second kappa shape index (κ2) is 7.35. The summed E-state index contributed by atoms with van der Waals surface area (Å²) in [5.41, 5.74) is 3.97. The molecule has 5 heteroatoms. The van der Waals surface area contributed by atoms with Gasteiger partial charge in [-0.1, -0.05) is 61.9 Å². The average Bonchev–Trinajstić information content (AvgIpc) is 3.19. The second-order valence-corrected chi connectivity index (χ2v) is 6.99. The van der Waals surface area contributed by atoms with E-state index in [1.54, 1.807) is 13.1 Å². The summed E-state index contributed by atoms with van der Waals surface area (Å²) in [6.45, 7) is 2.62. The molecule has 2 amide bonds. The summed E-state index contributed by atoms with van der Waals surface area (Å²) in [5, 5.41) is 3.96. The third-order valence-electron chi connectivity index (χ3n) is 5.17. The van der Waals surface area contributed by atoms with Gasteiger partial charge in [0.1, 0.15) is 5.57 Å². The van der Waals surface area contributed by atoms with Crippen molar-refractivity contribution >= 4 is 28.8 Å². The molecule has 1 aliphatic rings. The maximum Gasteiger partial charge on any atom is 0.278 e. The van der Waals surface area contributed by atoms with E-state index < -0.39 is 0 Å². The molecule has 0 atom stereocenters. The van der Waals surface area contributed by atoms with Crippen LogP contribution in [0.5, 0.6) is 0 Å². The summed E-state index contributed by atoms with van der Waals surface area (Å²) in [6, 6.07) is 17.9. The van der Waals surface area contributed by atoms with Gasteiger partial charge in [0.15, 0.2) is 0 Å². The van der Waals surface area contributed by atoms with Crippen LogP contribution in [0, 0.1) is 0 Å². The van der Waals surface area contributed by atoms with Crippen molar-refractivity contribution in [2.45, 2.75) is 19.8 Å². The number of carbonyl (C=O) groups is 2. The van der Waals surface area contributed by atoms with Gasteiger partial charge in [-0.3, -0.25) is 14.6 Å². The van der Waals surface area contributed by atoms with Gasteiger partial charge < -0.3 is 4.98 Å². The van der Waals surface area contributed by atoms with Crippen LogP contribution in [0.3, 0.4) is 0 Å². The summed E-state index contributed by atoms with van der Waals surface area (Å²) >= 11 is 0. The van der Waals surface area contributed by atoms with Gasteiger partial charge in [0.05, 0.1) is 5.69 Å². The maximum absolute atomic E-state index is 12.9. The highest BCUT2D eigenvalue weighted by atomic mass is 16.2. The Balaban J connectivity index is 1.85. The topological polar surface area (TPSA) is 56.4 Å². The lowest BCUT2D eigenvalue weighted by Gasteiger charge is -2.22. The van der Waals surface area contributed by atoms with E-state index in [1.807, 2.05) is 54.6 Å². The third kappa shape index (κ3) is 2.99. The van der Waals surface area contributed by atoms with Gasteiger partial charge in [0.25, 0.3) is 11.8 Å². The molecule has 0 saturated carbocycles. The van der Waals surface area contributed by atoms with Gasteiger partial charge in [-0.15, -0.1) is 0 Å². The van der Waals surface area contributed by atoms with E-state index in [9.17, 15) is 9.59 Å². The average molecular weight is 373 g/mol. The van der Waals surface area contributed by atoms with Crippen LogP contribution in [-0.2, 0) is 9.59 Å². The van der Waals surface area contributed by atoms with E-state index >= 15 is 0 Å². The number of aromatic nitrogens is 1. The number of unbranched alkanes of at least 4 members (excludes halogenated alkanes) is 1. The number of nitrogens with one attached hydrogen (secondary N) is 1. The van der Waals surface area contributed by atoms with Crippen molar-refractivity contribution in [1.29, 1.82) is 0 Å². The molecule has 0 radical (unpaired) electrons. The Morgan fingerprint density at radius 2 is 1.68 bits per heavy atom. The first-order valence-corrected chi connectivity index (χ1v) is 9.59. The minimum absolute atomic E-state index is 0.209. The smallest absolute Gasteiger partial charge is 0.278 e. The number of hydrogen-bond donors (Lipinski definition) is 1. The molecule has 0 aliphatic carbocycles. The largest absolute Gasteiger partial charge is 0.354 e. The molecule has 0 bridgehead atoms. The van der Waals surface area contributed by atoms with Crippen LogP contribution in [0.15, 0.2) is 60.2 Å². The van der Waals surface area contributed by atoms with Crippen molar-refractivity contribution in [3.8, 4) is 11.3 Å². The lowest BCUT2D eigenvalue weighted by atomic mass is 10.0. The number of nitrogens with zero attached hydrogens (tertiary/aromatic N) is 2. The van der Waals surface area contributed by atoms with Gasteiger partial charge in [-0.2, -0.15) is 0 Å². The van der Waals surface area contributed by atoms with Gasteiger partial charge in [-0.05, 0) is 24.1 Å². The predicted molar refractivity (Wildman–Crippen MR) is 111 cm³/mol. The zero-order chi connectivity index (χ0) is 19.7. The van der Waals surface area contributed by atoms with Crippen molar-refractivity contribution in [2.75, 3.05) is 13.6 Å². The third-order valence-corrected chi connectivity index (χ3v) is 5.17. The van der Waals surface area contributed by atoms with Gasteiger partial charge >= 0.3 is 0 Å². The highest BCUT2D eigenvalue weighted by molar-refractivity contribution is 6.26. The van der Waals surface area contributed by atoms with Crippen LogP contribution >= 0.6 is 0 Å². The van der Waals surface area contributed by atoms with E-state index in [-0.39, 0.29) is 17.4 Å². The fourth-order valence-electron chi connectivity index (χ4n) is 3.62. The Kier molecular flexibility index (Phi) is 4.74. The zero-order valence-electron chi connectivity index (χ0n) is 16.1. The molecule has 1 aromatic heterocycles. The van der Waals surface area contributed by atoms with Crippen LogP contribution in [0.4, 0.5) is 0 Å². The van der Waals surface area contributed by atoms with Crippen molar-refractivity contribution in [1.82, 2.24) is 15.0 Å². The fraction of sp³-hybridized carbons (Fsp3) is 0.217. The molecular formula is C23H23N3O2. The number of likely N-dealkylation sites (N-methyl/N-ethyl adjacent to an activating group) is 1. The first-order valence-electron chi connectivity index (χ1n) is 9.59. The van der Waals surface area contributed by atoms with E-state index in [1.165, 1.54) is 10.0 Å². The van der Waals surface area contributed by atoms with Crippen LogP contribution in [0.2, 0.25) is 0 Å². The van der Waals surface area contributed by atoms with E-state index in [2.05, 4.69) is 11.9 Å². The summed E-state index contributed by atoms with van der Waals surface area (Å²) in [4.78, 5) is 29.2. The summed E-state index contributed by atoms with van der Waals surface area (Å²) in [7, 11) is 1.66. The van der Waals surface area contributed by atoms with E-state index in [0.29, 0.717) is 6.54 Å². The Bertz CT molecular complexity index is 1070. The molecule has 0 unspecified atom stereocenters. The number of hydrazine groups is 1. The SMILES string of the molecule is CCCCN1C(=O)/C(=C\c2c(-c3ccccc3)[nH]c3ccccc23)C(=O)N1C. The fourth-order valence-corrected chi connectivity index (χ4v) is 3.62. The summed E-state index contributed by atoms with van der Waals surface area (Å²) in [6.07, 6.45) is 3.57. The predicted octanol–water partition coefficient (Wildman–Crippen LogP) is 4.23. The van der Waals surface area contributed by atoms with Crippen LogP contribution in [0.1, 0.15) is 25.3 Å². The number of para-hydroxylation sites is 1. The van der Waals surface area contributed by atoms with Gasteiger partial charge in [0.2, 0.25) is 0 Å². The number of carbonyl (C=O) groups excluding carboxylic acids is 2. The number of aromatic amines is 1. The highest BCUT2D eigenvalue weighted by Crippen LogP contribution is 2.33. The van der Waals surface area contributed by atoms with Crippen LogP contribution in [-0.4, -0.2) is 40.4 Å². The van der Waals surface area contributed by atoms with Crippen molar-refractivity contribution in [3.63, 3.8) is 0 Å². The minimum atomic E-state index is -0.259. The summed E-state index contributed by atoms with van der Waals surface area (Å²) in [5.74, 6) is -0.490. The molecule has 2 aromatic carbocycles. The maximum atomic E-state index is 12.9. The first kappa shape index (κ1) is 18.0. The normalized spacial score (nSPS) is 16.0. The highest BCUT2D eigenvalue weighted by Gasteiger charge is 2.38. The molecule has 28 heavy (non-hydrogen) atoms. The number of benzene rings is 2. The molecule has 3 aromatic rings. The number of amides is 2. The van der Waals surface area contributed by atoms with E-state index in [4.69, 9.17) is 0 Å². The van der Waals surface area contributed by atoms with Crippen molar-refractivity contribution in [2.24, 2.45) is 0 Å². The number of H-pyrrole nitrogens is 1. The number of rotatable bonds is 5. The first-order chi connectivity index (χ1) is 13.6. The Labute approximate surface area is 164 Å². The monoisotopic (exact) mass is 373 g/mol. The number of fused-ring (bicyclic) bond motifs is 1. The minimum Gasteiger partial charge on any atom is -0.354 e. The molecular weight excluding hydrogens is 350 g/mol. The van der Waals surface area contributed by atoms with Crippen LogP contribution in [0.25, 0.3) is 28.2 Å². The lowest BCUT2D eigenvalue weighted by molar-refractivity contribution is -0.143. The van der Waals surface area contributed by atoms with E-state index in [0.717, 1.165) is 40.6 Å². The molecule has 1 aliphatic heterocycles. The van der Waals surface area contributed by atoms with Crippen molar-refractivity contribution in [3.05, 3.63) is 65.7 Å². The summed E-state index contributed by atoms with van der Waals surface area (Å²) < 4.78 is 0. The molecule has 142 valence electrons. The Hall–Kier alpha value is -3.34. The number of hydrogen-bond acceptors (Lipinski definition) is 2. The Morgan fingerprint density at radius 1 is 0.964 bits per heavy atom. The molecule has 2 heterocycles.